The minimum atomic E-state index is -0.790. The quantitative estimate of drug-likeness (QED) is 0.394. The number of ketones is 2. The first-order valence-corrected chi connectivity index (χ1v) is 9.13. The maximum absolute atomic E-state index is 12.2. The second-order valence-electron chi connectivity index (χ2n) is 6.70. The summed E-state index contributed by atoms with van der Waals surface area (Å²) in [5.74, 6) is 0.0343. The molecule has 0 amide bonds. The summed E-state index contributed by atoms with van der Waals surface area (Å²) in [4.78, 5) is 23.1. The molecule has 0 aromatic rings. The van der Waals surface area contributed by atoms with Crippen LogP contribution in [0.2, 0.25) is 0 Å². The van der Waals surface area contributed by atoms with Crippen molar-refractivity contribution >= 4 is 11.6 Å². The van der Waals surface area contributed by atoms with Crippen LogP contribution in [0.15, 0.2) is 47.6 Å². The van der Waals surface area contributed by atoms with Crippen molar-refractivity contribution in [2.24, 2.45) is 5.92 Å². The molecule has 0 bridgehead atoms. The normalized spacial score (nSPS) is 15.8. The predicted molar refractivity (Wildman–Crippen MR) is 105 cm³/mol. The fraction of sp³-hybridized carbons (Fsp3) is 0.545. The summed E-state index contributed by atoms with van der Waals surface area (Å²) >= 11 is 0. The highest BCUT2D eigenvalue weighted by Crippen LogP contribution is 2.15. The molecule has 0 aromatic carbocycles. The van der Waals surface area contributed by atoms with Gasteiger partial charge in [-0.1, -0.05) is 55.9 Å². The Morgan fingerprint density at radius 2 is 1.76 bits per heavy atom. The van der Waals surface area contributed by atoms with Gasteiger partial charge in [0.25, 0.3) is 0 Å². The van der Waals surface area contributed by atoms with Crippen molar-refractivity contribution in [1.82, 2.24) is 0 Å². The molecule has 3 heteroatoms. The van der Waals surface area contributed by atoms with Crippen molar-refractivity contribution in [3.63, 3.8) is 0 Å². The van der Waals surface area contributed by atoms with Gasteiger partial charge >= 0.3 is 0 Å². The van der Waals surface area contributed by atoms with Crippen LogP contribution in [0.25, 0.3) is 0 Å². The third-order valence-corrected chi connectivity index (χ3v) is 4.24. The summed E-state index contributed by atoms with van der Waals surface area (Å²) in [6.45, 7) is 9.40. The lowest BCUT2D eigenvalue weighted by molar-refractivity contribution is -0.124. The number of hydrogen-bond acceptors (Lipinski definition) is 3. The molecule has 0 aliphatic carbocycles. The second-order valence-corrected chi connectivity index (χ2v) is 6.70. The van der Waals surface area contributed by atoms with E-state index in [-0.39, 0.29) is 23.9 Å². The van der Waals surface area contributed by atoms with Gasteiger partial charge in [-0.05, 0) is 45.6 Å². The molecule has 0 saturated carbocycles. The van der Waals surface area contributed by atoms with E-state index in [0.29, 0.717) is 12.0 Å². The molecular weight excluding hydrogens is 312 g/mol. The van der Waals surface area contributed by atoms with Crippen molar-refractivity contribution in [1.29, 1.82) is 0 Å². The lowest BCUT2D eigenvalue weighted by Gasteiger charge is -2.14. The molecule has 0 saturated heterocycles. The number of allylic oxidation sites excluding steroid dienone is 7. The first-order chi connectivity index (χ1) is 11.8. The molecule has 1 unspecified atom stereocenters. The Kier molecular flexibility index (Phi) is 12.6. The molecule has 0 heterocycles. The van der Waals surface area contributed by atoms with E-state index >= 15 is 0 Å². The number of carbonyl (C=O) groups excluding carboxylic acids is 2. The van der Waals surface area contributed by atoms with E-state index in [9.17, 15) is 14.7 Å². The summed E-state index contributed by atoms with van der Waals surface area (Å²) in [5.41, 5.74) is 2.03. The zero-order chi connectivity index (χ0) is 19.2. The molecule has 0 fully saturated rings. The molecule has 0 aliphatic heterocycles. The van der Waals surface area contributed by atoms with Crippen molar-refractivity contribution in [3.05, 3.63) is 47.6 Å². The highest BCUT2D eigenvalue weighted by Gasteiger charge is 2.17. The van der Waals surface area contributed by atoms with E-state index in [1.807, 2.05) is 25.2 Å². The zero-order valence-corrected chi connectivity index (χ0v) is 16.4. The number of Topliss-reactive ketones (excluding diaryl/α,β-unsaturated/α-hetero) is 2. The molecule has 0 aliphatic rings. The molecule has 0 radical (unpaired) electrons. The molecule has 1 N–H and O–H groups in total. The topological polar surface area (TPSA) is 54.4 Å². The van der Waals surface area contributed by atoms with Gasteiger partial charge in [0.15, 0.2) is 0 Å². The van der Waals surface area contributed by atoms with Crippen LogP contribution < -0.4 is 0 Å². The SMILES string of the molecule is CC/C(C)=C/C=C/C=C/CC[C@@H](C)C(=O)CC(O)/C(C)=C/CC(C)=O. The Labute approximate surface area is 153 Å². The number of aliphatic hydroxyl groups is 1. The van der Waals surface area contributed by atoms with Crippen molar-refractivity contribution in [2.45, 2.75) is 72.8 Å². The summed E-state index contributed by atoms with van der Waals surface area (Å²) in [6, 6.07) is 0. The minimum absolute atomic E-state index is 0.0485. The average Bonchev–Trinajstić information content (AvgIpc) is 2.57. The third kappa shape index (κ3) is 12.3. The Hall–Kier alpha value is -1.74. The molecule has 0 aromatic heterocycles. The lowest BCUT2D eigenvalue weighted by Crippen LogP contribution is -2.20. The van der Waals surface area contributed by atoms with Crippen LogP contribution in [0.3, 0.4) is 0 Å². The van der Waals surface area contributed by atoms with Gasteiger partial charge < -0.3 is 5.11 Å². The van der Waals surface area contributed by atoms with Gasteiger partial charge in [0, 0.05) is 18.8 Å². The van der Waals surface area contributed by atoms with E-state index in [0.717, 1.165) is 19.3 Å². The molecular formula is C22H34O3. The van der Waals surface area contributed by atoms with Gasteiger partial charge in [-0.15, -0.1) is 0 Å². The van der Waals surface area contributed by atoms with Crippen LogP contribution in [0.5, 0.6) is 0 Å². The van der Waals surface area contributed by atoms with Crippen molar-refractivity contribution in [2.75, 3.05) is 0 Å². The van der Waals surface area contributed by atoms with Gasteiger partial charge in [0.05, 0.1) is 6.10 Å². The first-order valence-electron chi connectivity index (χ1n) is 9.13. The number of aliphatic hydroxyl groups excluding tert-OH is 1. The second kappa shape index (κ2) is 13.5. The predicted octanol–water partition coefficient (Wildman–Crippen LogP) is 5.12. The average molecular weight is 347 g/mol. The molecule has 0 rings (SSSR count). The molecule has 3 nitrogen and oxygen atoms in total. The van der Waals surface area contributed by atoms with Gasteiger partial charge in [-0.3, -0.25) is 9.59 Å². The summed E-state index contributed by atoms with van der Waals surface area (Å²) in [7, 11) is 0. The Balaban J connectivity index is 4.22. The van der Waals surface area contributed by atoms with E-state index < -0.39 is 6.10 Å². The fourth-order valence-electron chi connectivity index (χ4n) is 2.08. The number of carbonyl (C=O) groups is 2. The van der Waals surface area contributed by atoms with E-state index in [2.05, 4.69) is 26.0 Å². The molecule has 140 valence electrons. The summed E-state index contributed by atoms with van der Waals surface area (Å²) < 4.78 is 0. The molecule has 0 spiro atoms. The molecule has 25 heavy (non-hydrogen) atoms. The Morgan fingerprint density at radius 3 is 2.36 bits per heavy atom. The Morgan fingerprint density at radius 1 is 1.08 bits per heavy atom. The first kappa shape index (κ1) is 23.3. The van der Waals surface area contributed by atoms with Crippen molar-refractivity contribution in [3.8, 4) is 0 Å². The lowest BCUT2D eigenvalue weighted by atomic mass is 9.94. The number of rotatable bonds is 12. The standard InChI is InChI=1S/C22H34O3/c1-6-17(2)12-10-8-7-9-11-13-18(3)21(24)16-22(25)19(4)14-15-20(5)23/h7-10,12,14,18,22,25H,6,11,13,15-16H2,1-5H3/b9-7+,10-8+,17-12+,19-14+/t18-,22?/m1/s1. The van der Waals surface area contributed by atoms with Crippen LogP contribution in [0.1, 0.15) is 66.7 Å². The summed E-state index contributed by atoms with van der Waals surface area (Å²) in [6.07, 6.45) is 14.2. The van der Waals surface area contributed by atoms with Crippen molar-refractivity contribution < 1.29 is 14.7 Å². The smallest absolute Gasteiger partial charge is 0.138 e. The van der Waals surface area contributed by atoms with E-state index in [4.69, 9.17) is 0 Å². The fourth-order valence-corrected chi connectivity index (χ4v) is 2.08. The zero-order valence-electron chi connectivity index (χ0n) is 16.4. The highest BCUT2D eigenvalue weighted by atomic mass is 16.3. The van der Waals surface area contributed by atoms with Crippen LogP contribution >= 0.6 is 0 Å². The van der Waals surface area contributed by atoms with Crippen LogP contribution in [0, 0.1) is 5.92 Å². The largest absolute Gasteiger partial charge is 0.388 e. The van der Waals surface area contributed by atoms with Gasteiger partial charge in [-0.2, -0.15) is 0 Å². The van der Waals surface area contributed by atoms with Gasteiger partial charge in [-0.25, -0.2) is 0 Å². The highest BCUT2D eigenvalue weighted by molar-refractivity contribution is 5.81. The van der Waals surface area contributed by atoms with Gasteiger partial charge in [0.2, 0.25) is 0 Å². The Bertz CT molecular complexity index is 535. The van der Waals surface area contributed by atoms with E-state index in [1.54, 1.807) is 13.0 Å². The monoisotopic (exact) mass is 346 g/mol. The maximum atomic E-state index is 12.2. The number of hydrogen-bond donors (Lipinski definition) is 1. The third-order valence-electron chi connectivity index (χ3n) is 4.24. The van der Waals surface area contributed by atoms with Crippen LogP contribution in [-0.2, 0) is 9.59 Å². The maximum Gasteiger partial charge on any atom is 0.138 e. The van der Waals surface area contributed by atoms with Crippen LogP contribution in [0.4, 0.5) is 0 Å². The summed E-state index contributed by atoms with van der Waals surface area (Å²) in [5, 5.41) is 10.1. The van der Waals surface area contributed by atoms with Gasteiger partial charge in [0.1, 0.15) is 11.6 Å². The minimum Gasteiger partial charge on any atom is -0.388 e. The molecule has 2 atom stereocenters. The van der Waals surface area contributed by atoms with Crippen LogP contribution in [-0.4, -0.2) is 22.8 Å². The van der Waals surface area contributed by atoms with E-state index in [1.165, 1.54) is 12.5 Å².